The number of rotatable bonds is 10. The first-order chi connectivity index (χ1) is 21.9. The summed E-state index contributed by atoms with van der Waals surface area (Å²) in [7, 11) is 0. The highest BCUT2D eigenvalue weighted by Gasteiger charge is 2.27. The largest absolute Gasteiger partial charge is 0.438 e. The molecule has 234 valence electrons. The number of carbonyl (C=O) groups is 2. The Kier molecular flexibility index (Phi) is 9.49. The highest BCUT2D eigenvalue weighted by Crippen LogP contribution is 2.29. The molecular formula is C35H38FN5O4. The van der Waals surface area contributed by atoms with Crippen LogP contribution in [0.15, 0.2) is 67.0 Å². The van der Waals surface area contributed by atoms with Crippen molar-refractivity contribution in [3.05, 3.63) is 95.5 Å². The number of aliphatic hydroxyl groups excluding tert-OH is 1. The summed E-state index contributed by atoms with van der Waals surface area (Å²) in [6.07, 6.45) is 10.3. The number of aromatic nitrogens is 3. The summed E-state index contributed by atoms with van der Waals surface area (Å²) in [5.41, 5.74) is 3.55. The zero-order chi connectivity index (χ0) is 31.2. The fourth-order valence-electron chi connectivity index (χ4n) is 6.10. The predicted octanol–water partition coefficient (Wildman–Crippen LogP) is 5.61. The van der Waals surface area contributed by atoms with E-state index in [0.717, 1.165) is 73.4 Å². The number of pyridine rings is 1. The minimum Gasteiger partial charge on any atom is -0.438 e. The van der Waals surface area contributed by atoms with Crippen molar-refractivity contribution in [1.82, 2.24) is 25.2 Å². The lowest BCUT2D eigenvalue weighted by Gasteiger charge is -2.29. The van der Waals surface area contributed by atoms with Crippen LogP contribution in [-0.2, 0) is 19.4 Å². The summed E-state index contributed by atoms with van der Waals surface area (Å²) >= 11 is 0. The molecule has 4 aromatic rings. The van der Waals surface area contributed by atoms with Gasteiger partial charge in [-0.2, -0.15) is 0 Å². The lowest BCUT2D eigenvalue weighted by molar-refractivity contribution is 0.0887. The van der Waals surface area contributed by atoms with Gasteiger partial charge in [0.1, 0.15) is 28.6 Å². The number of amides is 2. The second-order valence-corrected chi connectivity index (χ2v) is 11.8. The smallest absolute Gasteiger partial charge is 0.271 e. The molecular weight excluding hydrogens is 573 g/mol. The zero-order valence-electron chi connectivity index (χ0n) is 25.2. The summed E-state index contributed by atoms with van der Waals surface area (Å²) in [6, 6.07) is 16.6. The van der Waals surface area contributed by atoms with E-state index in [1.165, 1.54) is 0 Å². The summed E-state index contributed by atoms with van der Waals surface area (Å²) in [6.45, 7) is 1.07. The summed E-state index contributed by atoms with van der Waals surface area (Å²) < 4.78 is 22.3. The Bertz CT molecular complexity index is 1620. The lowest BCUT2D eigenvalue weighted by Crippen LogP contribution is -2.44. The highest BCUT2D eigenvalue weighted by molar-refractivity contribution is 5.96. The van der Waals surface area contributed by atoms with E-state index >= 15 is 0 Å². The highest BCUT2D eigenvalue weighted by atomic mass is 19.1. The number of fused-ring (bicyclic) bond motifs is 1. The van der Waals surface area contributed by atoms with Crippen LogP contribution in [0, 0.1) is 5.82 Å². The molecule has 0 atom stereocenters. The third kappa shape index (κ3) is 7.57. The summed E-state index contributed by atoms with van der Waals surface area (Å²) in [5.74, 6) is 0.226. The molecule has 0 saturated heterocycles. The molecule has 1 saturated carbocycles. The molecule has 10 heteroatoms. The molecule has 3 heterocycles. The molecule has 3 N–H and O–H groups in total. The van der Waals surface area contributed by atoms with Gasteiger partial charge in [-0.3, -0.25) is 9.59 Å². The third-order valence-corrected chi connectivity index (χ3v) is 8.56. The Labute approximate surface area is 261 Å². The number of nitrogens with one attached hydrogen (secondary N) is 2. The van der Waals surface area contributed by atoms with Gasteiger partial charge in [0.15, 0.2) is 0 Å². The average molecular weight is 612 g/mol. The van der Waals surface area contributed by atoms with E-state index in [2.05, 4.69) is 25.2 Å². The van der Waals surface area contributed by atoms with Crippen LogP contribution in [0.5, 0.6) is 11.6 Å². The number of hydrogen-bond acceptors (Lipinski definition) is 6. The van der Waals surface area contributed by atoms with E-state index in [4.69, 9.17) is 9.84 Å². The quantitative estimate of drug-likeness (QED) is 0.215. The van der Waals surface area contributed by atoms with Gasteiger partial charge in [-0.05, 0) is 86.3 Å². The molecule has 0 unspecified atom stereocenters. The molecule has 0 bridgehead atoms. The Morgan fingerprint density at radius 1 is 0.956 bits per heavy atom. The molecule has 1 fully saturated rings. The van der Waals surface area contributed by atoms with E-state index in [1.807, 2.05) is 48.7 Å². The molecule has 2 amide bonds. The van der Waals surface area contributed by atoms with Crippen molar-refractivity contribution in [2.75, 3.05) is 6.61 Å². The van der Waals surface area contributed by atoms with Crippen molar-refractivity contribution in [2.45, 2.75) is 76.4 Å². The maximum atomic E-state index is 14.2. The molecule has 2 aromatic carbocycles. The maximum absolute atomic E-state index is 14.2. The number of imidazole rings is 1. The van der Waals surface area contributed by atoms with E-state index in [0.29, 0.717) is 37.1 Å². The average Bonchev–Trinajstić information content (AvgIpc) is 3.51. The number of aliphatic hydroxyl groups is 1. The molecule has 45 heavy (non-hydrogen) atoms. The monoisotopic (exact) mass is 611 g/mol. The van der Waals surface area contributed by atoms with Gasteiger partial charge in [0.25, 0.3) is 11.8 Å². The first kappa shape index (κ1) is 30.5. The van der Waals surface area contributed by atoms with Crippen molar-refractivity contribution in [3.63, 3.8) is 0 Å². The normalized spacial score (nSPS) is 17.7. The van der Waals surface area contributed by atoms with Crippen LogP contribution in [0.4, 0.5) is 4.39 Å². The fourth-order valence-corrected chi connectivity index (χ4v) is 6.10. The maximum Gasteiger partial charge on any atom is 0.271 e. The standard InChI is InChI=1S/C35H38FN5O4/c36-26-20-30(35(37-21-26)45-29-7-3-6-25(19-29)24-11-9-23(10-12-24)5-4-18-42)33(43)38-27-13-15-28(16-14-27)39-34(44)31-22-41-17-2-1-8-32(41)40-31/h3,6-7,9-12,19-22,27-28,42H,1-2,4-5,8,13-18H2,(H,38,43)(H,39,44). The van der Waals surface area contributed by atoms with Crippen LogP contribution in [0.3, 0.4) is 0 Å². The van der Waals surface area contributed by atoms with Gasteiger partial charge < -0.3 is 25.0 Å². The third-order valence-electron chi connectivity index (χ3n) is 8.56. The molecule has 1 aliphatic carbocycles. The number of hydrogen-bond donors (Lipinski definition) is 3. The zero-order valence-corrected chi connectivity index (χ0v) is 25.2. The van der Waals surface area contributed by atoms with Crippen molar-refractivity contribution >= 4 is 11.8 Å². The molecule has 2 aromatic heterocycles. The molecule has 6 rings (SSSR count). The predicted molar refractivity (Wildman–Crippen MR) is 168 cm³/mol. The van der Waals surface area contributed by atoms with Crippen molar-refractivity contribution in [3.8, 4) is 22.8 Å². The van der Waals surface area contributed by atoms with Gasteiger partial charge in [-0.1, -0.05) is 36.4 Å². The Morgan fingerprint density at radius 3 is 2.44 bits per heavy atom. The Balaban J connectivity index is 1.05. The minimum atomic E-state index is -0.630. The van der Waals surface area contributed by atoms with E-state index in [1.54, 1.807) is 6.07 Å². The van der Waals surface area contributed by atoms with Gasteiger partial charge in [-0.15, -0.1) is 0 Å². The number of ether oxygens (including phenoxy) is 1. The van der Waals surface area contributed by atoms with Crippen LogP contribution < -0.4 is 15.4 Å². The Morgan fingerprint density at radius 2 is 1.71 bits per heavy atom. The molecule has 0 spiro atoms. The molecule has 9 nitrogen and oxygen atoms in total. The van der Waals surface area contributed by atoms with Crippen LogP contribution in [-0.4, -0.2) is 50.1 Å². The van der Waals surface area contributed by atoms with Crippen molar-refractivity contribution < 1.29 is 23.8 Å². The second-order valence-electron chi connectivity index (χ2n) is 11.8. The van der Waals surface area contributed by atoms with Crippen LogP contribution in [0.25, 0.3) is 11.1 Å². The second kappa shape index (κ2) is 14.0. The summed E-state index contributed by atoms with van der Waals surface area (Å²) in [5, 5.41) is 15.2. The number of nitrogens with zero attached hydrogens (tertiary/aromatic N) is 3. The van der Waals surface area contributed by atoms with Gasteiger partial charge in [0, 0.05) is 37.9 Å². The number of carbonyl (C=O) groups excluding carboxylic acids is 2. The Hall–Kier alpha value is -4.57. The van der Waals surface area contributed by atoms with Crippen LogP contribution >= 0.6 is 0 Å². The van der Waals surface area contributed by atoms with E-state index in [9.17, 15) is 14.0 Å². The topological polar surface area (TPSA) is 118 Å². The molecule has 1 aliphatic heterocycles. The minimum absolute atomic E-state index is 0.00290. The van der Waals surface area contributed by atoms with Crippen molar-refractivity contribution in [1.29, 1.82) is 0 Å². The first-order valence-electron chi connectivity index (χ1n) is 15.8. The van der Waals surface area contributed by atoms with Crippen LogP contribution in [0.2, 0.25) is 0 Å². The number of benzene rings is 2. The number of halogens is 1. The lowest BCUT2D eigenvalue weighted by atomic mass is 9.91. The molecule has 0 radical (unpaired) electrons. The van der Waals surface area contributed by atoms with E-state index in [-0.39, 0.29) is 36.0 Å². The fraction of sp³-hybridized carbons (Fsp3) is 0.371. The van der Waals surface area contributed by atoms with Crippen LogP contribution in [0.1, 0.15) is 77.2 Å². The van der Waals surface area contributed by atoms with Gasteiger partial charge in [-0.25, -0.2) is 14.4 Å². The SMILES string of the molecule is O=C(NC1CCC(NC(=O)c2cc(F)cnc2Oc2cccc(-c3ccc(CCCO)cc3)c2)CC1)c1cn2c(n1)CCCC2. The van der Waals surface area contributed by atoms with Gasteiger partial charge in [0.2, 0.25) is 5.88 Å². The van der Waals surface area contributed by atoms with E-state index < -0.39 is 11.7 Å². The van der Waals surface area contributed by atoms with Crippen molar-refractivity contribution in [2.24, 2.45) is 0 Å². The first-order valence-corrected chi connectivity index (χ1v) is 15.8. The molecule has 2 aliphatic rings. The van der Waals surface area contributed by atoms with Gasteiger partial charge >= 0.3 is 0 Å². The summed E-state index contributed by atoms with van der Waals surface area (Å²) in [4.78, 5) is 34.8. The van der Waals surface area contributed by atoms with Gasteiger partial charge in [0.05, 0.1) is 6.20 Å². The number of aryl methyl sites for hydroxylation is 3.